The molecule has 1 amide bonds. The van der Waals surface area contributed by atoms with Gasteiger partial charge in [-0.15, -0.1) is 0 Å². The van der Waals surface area contributed by atoms with Crippen LogP contribution >= 0.6 is 0 Å². The molecule has 3 aromatic carbocycles. The van der Waals surface area contributed by atoms with Crippen LogP contribution in [0.3, 0.4) is 0 Å². The summed E-state index contributed by atoms with van der Waals surface area (Å²) >= 11 is 0. The molecule has 0 spiro atoms. The fourth-order valence-corrected chi connectivity index (χ4v) is 3.39. The molecule has 0 atom stereocenters. The van der Waals surface area contributed by atoms with Crippen molar-refractivity contribution in [2.24, 2.45) is 0 Å². The van der Waals surface area contributed by atoms with Crippen LogP contribution in [0, 0.1) is 6.92 Å². The van der Waals surface area contributed by atoms with Crippen LogP contribution < -0.4 is 14.8 Å². The van der Waals surface area contributed by atoms with Gasteiger partial charge in [-0.1, -0.05) is 18.2 Å². The average molecular weight is 428 g/mol. The molecule has 6 nitrogen and oxygen atoms in total. The lowest BCUT2D eigenvalue weighted by atomic mass is 10.1. The van der Waals surface area contributed by atoms with Crippen molar-refractivity contribution in [1.29, 1.82) is 0 Å². The summed E-state index contributed by atoms with van der Waals surface area (Å²) < 4.78 is 16.9. The van der Waals surface area contributed by atoms with E-state index in [2.05, 4.69) is 10.3 Å². The van der Waals surface area contributed by atoms with Gasteiger partial charge in [0.15, 0.2) is 5.76 Å². The number of amides is 1. The first-order valence-corrected chi connectivity index (χ1v) is 10.3. The average Bonchev–Trinajstić information content (AvgIpc) is 3.30. The second-order valence-electron chi connectivity index (χ2n) is 7.19. The van der Waals surface area contributed by atoms with Crippen LogP contribution in [0.15, 0.2) is 77.3 Å². The summed E-state index contributed by atoms with van der Waals surface area (Å²) in [6.07, 6.45) is 1.66. The third kappa shape index (κ3) is 4.49. The van der Waals surface area contributed by atoms with Crippen LogP contribution in [-0.2, 0) is 0 Å². The van der Waals surface area contributed by atoms with E-state index in [9.17, 15) is 4.79 Å². The van der Waals surface area contributed by atoms with Crippen molar-refractivity contribution < 1.29 is 18.7 Å². The molecular weight excluding hydrogens is 404 g/mol. The summed E-state index contributed by atoms with van der Waals surface area (Å²) in [6, 6.07) is 20.4. The summed E-state index contributed by atoms with van der Waals surface area (Å²) in [6.45, 7) is 4.51. The Morgan fingerprint density at radius 2 is 1.84 bits per heavy atom. The van der Waals surface area contributed by atoms with Crippen LogP contribution in [0.5, 0.6) is 11.5 Å². The van der Waals surface area contributed by atoms with Gasteiger partial charge in [-0.2, -0.15) is 0 Å². The zero-order valence-corrected chi connectivity index (χ0v) is 18.2. The summed E-state index contributed by atoms with van der Waals surface area (Å²) in [4.78, 5) is 17.5. The Bertz CT molecular complexity index is 1230. The number of nitrogens with one attached hydrogen (secondary N) is 1. The first-order chi connectivity index (χ1) is 15.6. The Hall–Kier alpha value is -4.06. The minimum absolute atomic E-state index is 0.273. The van der Waals surface area contributed by atoms with Crippen molar-refractivity contribution in [2.45, 2.75) is 13.8 Å². The molecule has 0 saturated carbocycles. The zero-order chi connectivity index (χ0) is 22.5. The van der Waals surface area contributed by atoms with Gasteiger partial charge in [0, 0.05) is 11.1 Å². The van der Waals surface area contributed by atoms with Gasteiger partial charge < -0.3 is 19.2 Å². The number of carbonyl (C=O) groups excluding carboxylic acids is 1. The molecule has 32 heavy (non-hydrogen) atoms. The zero-order valence-electron chi connectivity index (χ0n) is 18.2. The predicted molar refractivity (Wildman–Crippen MR) is 124 cm³/mol. The SMILES string of the molecule is CCOc1ccc(-c2cnc(-c3ccccc3C(=O)Nc3cc(C)ccc3OC)o2)cc1. The number of oxazole rings is 1. The van der Waals surface area contributed by atoms with Crippen LogP contribution in [-0.4, -0.2) is 24.6 Å². The second-order valence-corrected chi connectivity index (χ2v) is 7.19. The molecule has 4 aromatic rings. The quantitative estimate of drug-likeness (QED) is 0.392. The Morgan fingerprint density at radius 3 is 2.59 bits per heavy atom. The highest BCUT2D eigenvalue weighted by atomic mass is 16.5. The lowest BCUT2D eigenvalue weighted by Gasteiger charge is -2.12. The summed E-state index contributed by atoms with van der Waals surface area (Å²) in [5, 5.41) is 2.94. The normalized spacial score (nSPS) is 10.6. The smallest absolute Gasteiger partial charge is 0.256 e. The van der Waals surface area contributed by atoms with Gasteiger partial charge >= 0.3 is 0 Å². The van der Waals surface area contributed by atoms with Crippen molar-refractivity contribution in [3.8, 4) is 34.3 Å². The summed E-state index contributed by atoms with van der Waals surface area (Å²) in [5.41, 5.74) is 3.56. The van der Waals surface area contributed by atoms with Crippen molar-refractivity contribution in [3.63, 3.8) is 0 Å². The molecule has 0 bridgehead atoms. The molecule has 0 aliphatic heterocycles. The maximum atomic E-state index is 13.1. The molecule has 0 unspecified atom stereocenters. The topological polar surface area (TPSA) is 73.6 Å². The Morgan fingerprint density at radius 1 is 1.06 bits per heavy atom. The molecule has 0 fully saturated rings. The lowest BCUT2D eigenvalue weighted by Crippen LogP contribution is -2.14. The van der Waals surface area contributed by atoms with E-state index in [0.29, 0.717) is 40.8 Å². The molecular formula is C26H24N2O4. The fourth-order valence-electron chi connectivity index (χ4n) is 3.39. The van der Waals surface area contributed by atoms with Gasteiger partial charge in [-0.3, -0.25) is 4.79 Å². The van der Waals surface area contributed by atoms with E-state index in [1.54, 1.807) is 19.4 Å². The number of anilines is 1. The lowest BCUT2D eigenvalue weighted by molar-refractivity contribution is 0.102. The predicted octanol–water partition coefficient (Wildman–Crippen LogP) is 5.98. The van der Waals surface area contributed by atoms with Crippen LogP contribution in [0.2, 0.25) is 0 Å². The monoisotopic (exact) mass is 428 g/mol. The van der Waals surface area contributed by atoms with Gasteiger partial charge in [0.25, 0.3) is 5.91 Å². The van der Waals surface area contributed by atoms with E-state index in [-0.39, 0.29) is 5.91 Å². The van der Waals surface area contributed by atoms with Gasteiger partial charge in [0.1, 0.15) is 11.5 Å². The van der Waals surface area contributed by atoms with Gasteiger partial charge in [0.05, 0.1) is 31.2 Å². The molecule has 0 saturated heterocycles. The molecule has 6 heteroatoms. The molecule has 1 heterocycles. The number of ether oxygens (including phenoxy) is 2. The first kappa shape index (κ1) is 21.2. The van der Waals surface area contributed by atoms with E-state index >= 15 is 0 Å². The van der Waals surface area contributed by atoms with Crippen molar-refractivity contribution in [3.05, 3.63) is 84.1 Å². The molecule has 162 valence electrons. The van der Waals surface area contributed by atoms with E-state index in [1.165, 1.54) is 0 Å². The number of aromatic nitrogens is 1. The maximum Gasteiger partial charge on any atom is 0.256 e. The molecule has 1 N–H and O–H groups in total. The van der Waals surface area contributed by atoms with E-state index in [0.717, 1.165) is 16.9 Å². The van der Waals surface area contributed by atoms with Crippen LogP contribution in [0.25, 0.3) is 22.8 Å². The number of rotatable bonds is 7. The standard InChI is InChI=1S/C26H24N2O4/c1-4-31-19-12-10-18(11-13-19)24-16-27-26(32-24)21-8-6-5-7-20(21)25(29)28-22-15-17(2)9-14-23(22)30-3/h5-16H,4H2,1-3H3,(H,28,29). The minimum Gasteiger partial charge on any atom is -0.495 e. The first-order valence-electron chi connectivity index (χ1n) is 10.3. The Kier molecular flexibility index (Phi) is 6.22. The van der Waals surface area contributed by atoms with E-state index in [4.69, 9.17) is 13.9 Å². The number of carbonyl (C=O) groups is 1. The van der Waals surface area contributed by atoms with Gasteiger partial charge in [-0.25, -0.2) is 4.98 Å². The minimum atomic E-state index is -0.273. The Balaban J connectivity index is 1.62. The largest absolute Gasteiger partial charge is 0.495 e. The third-order valence-electron chi connectivity index (χ3n) is 4.96. The van der Waals surface area contributed by atoms with Gasteiger partial charge in [-0.05, 0) is 67.9 Å². The molecule has 0 aliphatic rings. The number of nitrogens with zero attached hydrogens (tertiary/aromatic N) is 1. The highest BCUT2D eigenvalue weighted by Gasteiger charge is 2.18. The molecule has 0 aliphatic carbocycles. The highest BCUT2D eigenvalue weighted by molar-refractivity contribution is 6.08. The third-order valence-corrected chi connectivity index (χ3v) is 4.96. The number of hydrogen-bond acceptors (Lipinski definition) is 5. The van der Waals surface area contributed by atoms with Crippen molar-refractivity contribution in [2.75, 3.05) is 19.0 Å². The fraction of sp³-hybridized carbons (Fsp3) is 0.154. The summed E-state index contributed by atoms with van der Waals surface area (Å²) in [7, 11) is 1.57. The number of methoxy groups -OCH3 is 1. The highest BCUT2D eigenvalue weighted by Crippen LogP contribution is 2.31. The maximum absolute atomic E-state index is 13.1. The van der Waals surface area contributed by atoms with Crippen LogP contribution in [0.4, 0.5) is 5.69 Å². The van der Waals surface area contributed by atoms with E-state index < -0.39 is 0 Å². The molecule has 1 aromatic heterocycles. The van der Waals surface area contributed by atoms with Crippen LogP contribution in [0.1, 0.15) is 22.8 Å². The Labute approximate surface area is 186 Å². The number of benzene rings is 3. The number of hydrogen-bond donors (Lipinski definition) is 1. The second kappa shape index (κ2) is 9.39. The molecule has 4 rings (SSSR count). The van der Waals surface area contributed by atoms with Crippen molar-refractivity contribution >= 4 is 11.6 Å². The summed E-state index contributed by atoms with van der Waals surface area (Å²) in [5.74, 6) is 2.10. The van der Waals surface area contributed by atoms with E-state index in [1.807, 2.05) is 74.5 Å². The molecule has 0 radical (unpaired) electrons. The van der Waals surface area contributed by atoms with Gasteiger partial charge in [0.2, 0.25) is 5.89 Å². The number of aryl methyl sites for hydroxylation is 1. The van der Waals surface area contributed by atoms with Crippen molar-refractivity contribution in [1.82, 2.24) is 4.98 Å².